The molecule has 0 aliphatic heterocycles. The summed E-state index contributed by atoms with van der Waals surface area (Å²) >= 11 is 0. The van der Waals surface area contributed by atoms with Crippen molar-refractivity contribution >= 4 is 10.9 Å². The number of rotatable bonds is 4. The highest BCUT2D eigenvalue weighted by molar-refractivity contribution is 5.81. The molecule has 1 aromatic carbocycles. The Bertz CT molecular complexity index is 475. The molecule has 2 aromatic rings. The number of hydrogen-bond acceptors (Lipinski definition) is 3. The Morgan fingerprint density at radius 3 is 2.94 bits per heavy atom. The summed E-state index contributed by atoms with van der Waals surface area (Å²) in [6.07, 6.45) is 0. The first-order valence-corrected chi connectivity index (χ1v) is 5.56. The predicted molar refractivity (Wildman–Crippen MR) is 66.1 cm³/mol. The third-order valence-corrected chi connectivity index (χ3v) is 2.81. The molecule has 4 heteroatoms. The Kier molecular flexibility index (Phi) is 3.22. The quantitative estimate of drug-likeness (QED) is 0.805. The summed E-state index contributed by atoms with van der Waals surface area (Å²) in [6.45, 7) is 3.48. The maximum atomic E-state index is 5.57. The molecule has 86 valence electrons. The molecule has 3 N–H and O–H groups in total. The minimum absolute atomic E-state index is 0.320. The van der Waals surface area contributed by atoms with Crippen LogP contribution in [-0.4, -0.2) is 22.4 Å². The van der Waals surface area contributed by atoms with Gasteiger partial charge in [0.1, 0.15) is 0 Å². The van der Waals surface area contributed by atoms with Crippen LogP contribution in [0, 0.1) is 0 Å². The van der Waals surface area contributed by atoms with E-state index < -0.39 is 0 Å². The van der Waals surface area contributed by atoms with Crippen LogP contribution in [0.2, 0.25) is 0 Å². The zero-order chi connectivity index (χ0) is 11.5. The lowest BCUT2D eigenvalue weighted by Crippen LogP contribution is -2.32. The van der Waals surface area contributed by atoms with Gasteiger partial charge in [-0.2, -0.15) is 5.10 Å². The molecule has 0 bridgehead atoms. The van der Waals surface area contributed by atoms with E-state index in [4.69, 9.17) is 5.73 Å². The van der Waals surface area contributed by atoms with Gasteiger partial charge in [0.2, 0.25) is 0 Å². The summed E-state index contributed by atoms with van der Waals surface area (Å²) in [5.74, 6) is 0. The number of para-hydroxylation sites is 1. The number of nitrogens with two attached hydrogens (primary N) is 1. The first kappa shape index (κ1) is 11.1. The SMILES string of the molecule is CC(CN)NCc1nn(C)c2ccccc12. The van der Waals surface area contributed by atoms with E-state index >= 15 is 0 Å². The summed E-state index contributed by atoms with van der Waals surface area (Å²) in [7, 11) is 1.97. The van der Waals surface area contributed by atoms with Gasteiger partial charge in [-0.05, 0) is 13.0 Å². The normalized spacial score (nSPS) is 13.2. The van der Waals surface area contributed by atoms with Crippen LogP contribution in [0.5, 0.6) is 0 Å². The highest BCUT2D eigenvalue weighted by Crippen LogP contribution is 2.16. The van der Waals surface area contributed by atoms with E-state index in [0.29, 0.717) is 12.6 Å². The van der Waals surface area contributed by atoms with Gasteiger partial charge in [-0.15, -0.1) is 0 Å². The Balaban J connectivity index is 2.24. The van der Waals surface area contributed by atoms with Crippen molar-refractivity contribution in [2.75, 3.05) is 6.54 Å². The molecule has 0 aliphatic carbocycles. The van der Waals surface area contributed by atoms with E-state index in [9.17, 15) is 0 Å². The fourth-order valence-corrected chi connectivity index (χ4v) is 1.77. The zero-order valence-corrected chi connectivity index (χ0v) is 9.77. The average Bonchev–Trinajstić information content (AvgIpc) is 2.64. The van der Waals surface area contributed by atoms with E-state index in [1.165, 1.54) is 10.9 Å². The number of aromatic nitrogens is 2. The van der Waals surface area contributed by atoms with Crippen molar-refractivity contribution < 1.29 is 0 Å². The lowest BCUT2D eigenvalue weighted by atomic mass is 10.2. The minimum atomic E-state index is 0.320. The molecule has 1 atom stereocenters. The van der Waals surface area contributed by atoms with Crippen molar-refractivity contribution in [3.8, 4) is 0 Å². The zero-order valence-electron chi connectivity index (χ0n) is 9.77. The summed E-state index contributed by atoms with van der Waals surface area (Å²) in [5, 5.41) is 9.07. The molecule has 1 aromatic heterocycles. The molecule has 0 saturated carbocycles. The lowest BCUT2D eigenvalue weighted by molar-refractivity contribution is 0.547. The number of nitrogens with one attached hydrogen (secondary N) is 1. The second-order valence-electron chi connectivity index (χ2n) is 4.11. The molecule has 2 rings (SSSR count). The molecule has 1 unspecified atom stereocenters. The number of fused-ring (bicyclic) bond motifs is 1. The smallest absolute Gasteiger partial charge is 0.0841 e. The van der Waals surface area contributed by atoms with Crippen LogP contribution in [0.15, 0.2) is 24.3 Å². The largest absolute Gasteiger partial charge is 0.329 e. The molecule has 0 saturated heterocycles. The van der Waals surface area contributed by atoms with Crippen molar-refractivity contribution in [2.45, 2.75) is 19.5 Å². The van der Waals surface area contributed by atoms with Gasteiger partial charge in [0, 0.05) is 31.6 Å². The molecule has 0 radical (unpaired) electrons. The van der Waals surface area contributed by atoms with Crippen LogP contribution in [-0.2, 0) is 13.6 Å². The van der Waals surface area contributed by atoms with Crippen LogP contribution in [0.3, 0.4) is 0 Å². The van der Waals surface area contributed by atoms with E-state index in [-0.39, 0.29) is 0 Å². The summed E-state index contributed by atoms with van der Waals surface area (Å²) < 4.78 is 1.92. The Labute approximate surface area is 95.4 Å². The van der Waals surface area contributed by atoms with Gasteiger partial charge in [0.25, 0.3) is 0 Å². The van der Waals surface area contributed by atoms with Gasteiger partial charge in [-0.1, -0.05) is 18.2 Å². The third kappa shape index (κ3) is 2.08. The number of benzene rings is 1. The van der Waals surface area contributed by atoms with Crippen LogP contribution in [0.1, 0.15) is 12.6 Å². The van der Waals surface area contributed by atoms with E-state index in [2.05, 4.69) is 29.5 Å². The maximum Gasteiger partial charge on any atom is 0.0841 e. The van der Waals surface area contributed by atoms with Crippen LogP contribution >= 0.6 is 0 Å². The van der Waals surface area contributed by atoms with Crippen molar-refractivity contribution in [3.05, 3.63) is 30.0 Å². The summed E-state index contributed by atoms with van der Waals surface area (Å²) in [5.41, 5.74) is 7.81. The van der Waals surface area contributed by atoms with Crippen LogP contribution in [0.25, 0.3) is 10.9 Å². The number of hydrogen-bond donors (Lipinski definition) is 2. The fraction of sp³-hybridized carbons (Fsp3) is 0.417. The average molecular weight is 218 g/mol. The summed E-state index contributed by atoms with van der Waals surface area (Å²) in [6, 6.07) is 8.58. The minimum Gasteiger partial charge on any atom is -0.329 e. The molecule has 1 heterocycles. The Hall–Kier alpha value is -1.39. The molecule has 0 aliphatic rings. The van der Waals surface area contributed by atoms with Crippen molar-refractivity contribution in [1.29, 1.82) is 0 Å². The van der Waals surface area contributed by atoms with Gasteiger partial charge in [-0.3, -0.25) is 4.68 Å². The molecule has 0 amide bonds. The van der Waals surface area contributed by atoms with Gasteiger partial charge in [-0.25, -0.2) is 0 Å². The van der Waals surface area contributed by atoms with Crippen molar-refractivity contribution in [3.63, 3.8) is 0 Å². The maximum absolute atomic E-state index is 5.57. The Morgan fingerprint density at radius 2 is 2.19 bits per heavy atom. The molecular formula is C12H18N4. The Morgan fingerprint density at radius 1 is 1.44 bits per heavy atom. The third-order valence-electron chi connectivity index (χ3n) is 2.81. The standard InChI is InChI=1S/C12H18N4/c1-9(7-13)14-8-11-10-5-3-4-6-12(10)16(2)15-11/h3-6,9,14H,7-8,13H2,1-2H3. The predicted octanol–water partition coefficient (Wildman–Crippen LogP) is 1.01. The van der Waals surface area contributed by atoms with E-state index in [1.807, 2.05) is 23.9 Å². The van der Waals surface area contributed by atoms with E-state index in [0.717, 1.165) is 12.2 Å². The monoisotopic (exact) mass is 218 g/mol. The molecule has 0 spiro atoms. The van der Waals surface area contributed by atoms with Crippen molar-refractivity contribution in [2.24, 2.45) is 12.8 Å². The van der Waals surface area contributed by atoms with Gasteiger partial charge < -0.3 is 11.1 Å². The lowest BCUT2D eigenvalue weighted by Gasteiger charge is -2.09. The highest BCUT2D eigenvalue weighted by atomic mass is 15.3. The van der Waals surface area contributed by atoms with E-state index in [1.54, 1.807) is 0 Å². The van der Waals surface area contributed by atoms with Crippen LogP contribution in [0.4, 0.5) is 0 Å². The summed E-state index contributed by atoms with van der Waals surface area (Å²) in [4.78, 5) is 0. The van der Waals surface area contributed by atoms with Crippen LogP contribution < -0.4 is 11.1 Å². The number of nitrogens with zero attached hydrogens (tertiary/aromatic N) is 2. The fourth-order valence-electron chi connectivity index (χ4n) is 1.77. The van der Waals surface area contributed by atoms with Gasteiger partial charge >= 0.3 is 0 Å². The molecule has 0 fully saturated rings. The first-order chi connectivity index (χ1) is 7.72. The molecule has 16 heavy (non-hydrogen) atoms. The highest BCUT2D eigenvalue weighted by Gasteiger charge is 2.08. The molecular weight excluding hydrogens is 200 g/mol. The second-order valence-corrected chi connectivity index (χ2v) is 4.11. The van der Waals surface area contributed by atoms with Crippen molar-refractivity contribution in [1.82, 2.24) is 15.1 Å². The number of aryl methyl sites for hydroxylation is 1. The van der Waals surface area contributed by atoms with Gasteiger partial charge in [0.05, 0.1) is 11.2 Å². The second kappa shape index (κ2) is 4.63. The first-order valence-electron chi connectivity index (χ1n) is 5.56. The topological polar surface area (TPSA) is 55.9 Å². The molecule has 4 nitrogen and oxygen atoms in total. The van der Waals surface area contributed by atoms with Gasteiger partial charge in [0.15, 0.2) is 0 Å².